The Labute approximate surface area is 73.2 Å². The molecule has 11 heavy (non-hydrogen) atoms. The van der Waals surface area contributed by atoms with Crippen LogP contribution in [0.25, 0.3) is 6.08 Å². The Morgan fingerprint density at radius 3 is 3.27 bits per heavy atom. The molecule has 0 saturated heterocycles. The van der Waals surface area contributed by atoms with Gasteiger partial charge in [-0.3, -0.25) is 0 Å². The average Bonchev–Trinajstić information content (AvgIpc) is 2.31. The molecule has 1 aromatic heterocycles. The van der Waals surface area contributed by atoms with Gasteiger partial charge in [0.15, 0.2) is 0 Å². The van der Waals surface area contributed by atoms with E-state index in [4.69, 9.17) is 0 Å². The zero-order valence-corrected chi connectivity index (χ0v) is 7.58. The summed E-state index contributed by atoms with van der Waals surface area (Å²) in [5.41, 5.74) is 3.03. The van der Waals surface area contributed by atoms with Gasteiger partial charge in [0.2, 0.25) is 0 Å². The molecule has 1 aromatic rings. The van der Waals surface area contributed by atoms with E-state index >= 15 is 0 Å². The second-order valence-electron chi connectivity index (χ2n) is 2.24. The number of rotatable bonds is 0. The first-order valence-electron chi connectivity index (χ1n) is 3.18. The molecule has 0 spiro atoms. The Kier molecular flexibility index (Phi) is 1.79. The maximum Gasteiger partial charge on any atom is 0.137 e. The van der Waals surface area contributed by atoms with Gasteiger partial charge in [0.1, 0.15) is 5.03 Å². The van der Waals surface area contributed by atoms with Crippen molar-refractivity contribution >= 4 is 35.6 Å². The van der Waals surface area contributed by atoms with Gasteiger partial charge >= 0.3 is 0 Å². The van der Waals surface area contributed by atoms with Crippen LogP contribution in [0.5, 0.6) is 0 Å². The van der Waals surface area contributed by atoms with Crippen LogP contribution < -0.4 is 0 Å². The largest absolute Gasteiger partial charge is 0.236 e. The minimum Gasteiger partial charge on any atom is -0.236 e. The lowest BCUT2D eigenvalue weighted by atomic mass is 10.3. The van der Waals surface area contributed by atoms with Crippen molar-refractivity contribution in [2.45, 2.75) is 11.9 Å². The van der Waals surface area contributed by atoms with Crippen LogP contribution >= 0.6 is 23.3 Å². The zero-order valence-electron chi connectivity index (χ0n) is 5.94. The summed E-state index contributed by atoms with van der Waals surface area (Å²) in [6.07, 6.45) is 3.97. The molecule has 0 bridgehead atoms. The molecule has 1 aliphatic heterocycles. The number of allylic oxidation sites excluding steroid dienone is 1. The Balaban J connectivity index is 2.52. The zero-order chi connectivity index (χ0) is 7.68. The van der Waals surface area contributed by atoms with Crippen LogP contribution in [-0.2, 0) is 0 Å². The molecule has 4 heteroatoms. The molecule has 0 aromatic carbocycles. The summed E-state index contributed by atoms with van der Waals surface area (Å²) in [7, 11) is 0. The van der Waals surface area contributed by atoms with Crippen molar-refractivity contribution in [1.29, 1.82) is 0 Å². The third-order valence-corrected chi connectivity index (χ3v) is 2.93. The van der Waals surface area contributed by atoms with Gasteiger partial charge < -0.3 is 0 Å². The second-order valence-corrected chi connectivity index (χ2v) is 3.90. The van der Waals surface area contributed by atoms with Crippen LogP contribution in [0.3, 0.4) is 0 Å². The Morgan fingerprint density at radius 2 is 2.36 bits per heavy atom. The number of thiazole rings is 1. The molecule has 0 saturated carbocycles. The van der Waals surface area contributed by atoms with Crippen molar-refractivity contribution in [2.24, 2.45) is 4.40 Å². The van der Waals surface area contributed by atoms with Gasteiger partial charge in [-0.1, -0.05) is 0 Å². The van der Waals surface area contributed by atoms with Crippen molar-refractivity contribution in [3.63, 3.8) is 0 Å². The van der Waals surface area contributed by atoms with Crippen molar-refractivity contribution in [1.82, 2.24) is 4.98 Å². The van der Waals surface area contributed by atoms with E-state index in [1.807, 2.05) is 18.6 Å². The van der Waals surface area contributed by atoms with Gasteiger partial charge in [0.25, 0.3) is 0 Å². The van der Waals surface area contributed by atoms with E-state index in [0.29, 0.717) is 0 Å². The molecule has 0 fully saturated rings. The summed E-state index contributed by atoms with van der Waals surface area (Å²) < 4.78 is 4.13. The summed E-state index contributed by atoms with van der Waals surface area (Å²) >= 11 is 3.09. The average molecular weight is 182 g/mol. The molecular formula is C7H6N2S2. The summed E-state index contributed by atoms with van der Waals surface area (Å²) in [5, 5.41) is 1.02. The number of hydrogen-bond donors (Lipinski definition) is 0. The first kappa shape index (κ1) is 7.06. The van der Waals surface area contributed by atoms with Crippen LogP contribution in [0.1, 0.15) is 11.8 Å². The van der Waals surface area contributed by atoms with Crippen molar-refractivity contribution < 1.29 is 0 Å². The van der Waals surface area contributed by atoms with Gasteiger partial charge in [-0.05, 0) is 18.6 Å². The van der Waals surface area contributed by atoms with Crippen LogP contribution in [0.4, 0.5) is 0 Å². The van der Waals surface area contributed by atoms with E-state index in [0.717, 1.165) is 5.03 Å². The molecule has 56 valence electrons. The highest BCUT2D eigenvalue weighted by molar-refractivity contribution is 7.98. The summed E-state index contributed by atoms with van der Waals surface area (Å²) in [4.78, 5) is 5.39. The topological polar surface area (TPSA) is 25.2 Å². The first-order chi connectivity index (χ1) is 5.36. The summed E-state index contributed by atoms with van der Waals surface area (Å²) in [6.45, 7) is 2.04. The fourth-order valence-corrected chi connectivity index (χ4v) is 2.38. The van der Waals surface area contributed by atoms with Crippen LogP contribution in [0, 0.1) is 0 Å². The molecule has 0 N–H and O–H groups in total. The van der Waals surface area contributed by atoms with Crippen molar-refractivity contribution in [3.8, 4) is 0 Å². The number of hydrogen-bond acceptors (Lipinski definition) is 4. The number of fused-ring (bicyclic) bond motifs is 1. The third-order valence-electron chi connectivity index (χ3n) is 1.31. The van der Waals surface area contributed by atoms with Crippen LogP contribution in [0.15, 0.2) is 20.5 Å². The van der Waals surface area contributed by atoms with E-state index in [1.54, 1.807) is 11.3 Å². The Morgan fingerprint density at radius 1 is 1.45 bits per heavy atom. The van der Waals surface area contributed by atoms with Gasteiger partial charge in [0, 0.05) is 18.2 Å². The van der Waals surface area contributed by atoms with E-state index in [2.05, 4.69) is 15.5 Å². The first-order valence-corrected chi connectivity index (χ1v) is 4.84. The molecule has 0 atom stereocenters. The molecule has 0 radical (unpaired) electrons. The molecule has 2 heterocycles. The van der Waals surface area contributed by atoms with E-state index < -0.39 is 0 Å². The van der Waals surface area contributed by atoms with Gasteiger partial charge in [-0.2, -0.15) is 0 Å². The molecule has 2 nitrogen and oxygen atoms in total. The monoisotopic (exact) mass is 182 g/mol. The second kappa shape index (κ2) is 2.79. The standard InChI is InChI=1S/C7H6N2S2/c1-5-2-6-7(8-4-10-6)11-9-3-5/h2-4H,1H3. The normalized spacial score (nSPS) is 15.5. The fraction of sp³-hybridized carbons (Fsp3) is 0.143. The van der Waals surface area contributed by atoms with Crippen molar-refractivity contribution in [2.75, 3.05) is 0 Å². The molecule has 0 unspecified atom stereocenters. The lowest BCUT2D eigenvalue weighted by molar-refractivity contribution is 1.20. The molecule has 2 rings (SSSR count). The maximum absolute atomic E-state index is 4.17. The Bertz CT molecular complexity index is 325. The molecular weight excluding hydrogens is 176 g/mol. The van der Waals surface area contributed by atoms with Gasteiger partial charge in [0.05, 0.1) is 10.4 Å². The van der Waals surface area contributed by atoms with Gasteiger partial charge in [-0.25, -0.2) is 9.38 Å². The van der Waals surface area contributed by atoms with Crippen LogP contribution in [0.2, 0.25) is 0 Å². The Hall–Kier alpha value is -0.610. The highest BCUT2D eigenvalue weighted by Crippen LogP contribution is 2.29. The minimum absolute atomic E-state index is 1.02. The van der Waals surface area contributed by atoms with E-state index in [1.165, 1.54) is 22.4 Å². The summed E-state index contributed by atoms with van der Waals surface area (Å²) in [5.74, 6) is 0. The lowest BCUT2D eigenvalue weighted by Crippen LogP contribution is -1.71. The third kappa shape index (κ3) is 1.36. The highest BCUT2D eigenvalue weighted by atomic mass is 32.2. The predicted molar refractivity (Wildman–Crippen MR) is 50.1 cm³/mol. The minimum atomic E-state index is 1.02. The molecule has 1 aliphatic rings. The van der Waals surface area contributed by atoms with Gasteiger partial charge in [-0.15, -0.1) is 11.3 Å². The smallest absolute Gasteiger partial charge is 0.137 e. The van der Waals surface area contributed by atoms with Crippen LogP contribution in [-0.4, -0.2) is 11.2 Å². The SMILES string of the molecule is CC1=Cc2scnc2SN=C1. The predicted octanol–water partition coefficient (Wildman–Crippen LogP) is 2.64. The highest BCUT2D eigenvalue weighted by Gasteiger charge is 2.05. The maximum atomic E-state index is 4.17. The van der Waals surface area contributed by atoms with Crippen molar-refractivity contribution in [3.05, 3.63) is 16.0 Å². The number of aromatic nitrogens is 1. The van der Waals surface area contributed by atoms with E-state index in [9.17, 15) is 0 Å². The van der Waals surface area contributed by atoms with E-state index in [-0.39, 0.29) is 0 Å². The fourth-order valence-electron chi connectivity index (χ4n) is 0.813. The quantitative estimate of drug-likeness (QED) is 0.576. The molecule has 0 aliphatic carbocycles. The molecule has 0 amide bonds. The summed E-state index contributed by atoms with van der Waals surface area (Å²) in [6, 6.07) is 0. The lowest BCUT2D eigenvalue weighted by Gasteiger charge is -1.86. The number of nitrogens with zero attached hydrogens (tertiary/aromatic N) is 2.